The van der Waals surface area contributed by atoms with E-state index in [1.54, 1.807) is 11.8 Å². The van der Waals surface area contributed by atoms with Crippen LogP contribution in [0.5, 0.6) is 0 Å². The van der Waals surface area contributed by atoms with Crippen LogP contribution in [0.15, 0.2) is 30.3 Å². The Morgan fingerprint density at radius 1 is 1.05 bits per heavy atom. The highest BCUT2D eigenvalue weighted by molar-refractivity contribution is 7.99. The third-order valence-corrected chi connectivity index (χ3v) is 3.30. The molecule has 19 heavy (non-hydrogen) atoms. The summed E-state index contributed by atoms with van der Waals surface area (Å²) in [6.07, 6.45) is 0. The predicted octanol–water partition coefficient (Wildman–Crippen LogP) is 0.111. The molecule has 0 aliphatic rings. The molecule has 1 aromatic rings. The molecule has 0 atom stereocenters. The van der Waals surface area contributed by atoms with Crippen molar-refractivity contribution in [3.8, 4) is 0 Å². The maximum absolute atomic E-state index is 11.5. The summed E-state index contributed by atoms with van der Waals surface area (Å²) in [4.78, 5) is 22.3. The van der Waals surface area contributed by atoms with Crippen LogP contribution in [0.4, 0.5) is 0 Å². The number of thioether (sulfide) groups is 1. The molecule has 1 rings (SSSR count). The monoisotopic (exact) mass is 281 g/mol. The van der Waals surface area contributed by atoms with E-state index in [1.165, 1.54) is 5.56 Å². The Kier molecular flexibility index (Phi) is 7.69. The fourth-order valence-corrected chi connectivity index (χ4v) is 2.18. The minimum absolute atomic E-state index is 0.0251. The molecule has 0 radical (unpaired) electrons. The molecule has 1 aromatic carbocycles. The molecule has 0 bridgehead atoms. The molecular formula is C13H19N3O2S. The van der Waals surface area contributed by atoms with Crippen molar-refractivity contribution in [1.82, 2.24) is 10.6 Å². The van der Waals surface area contributed by atoms with Gasteiger partial charge in [-0.2, -0.15) is 0 Å². The summed E-state index contributed by atoms with van der Waals surface area (Å²) >= 11 is 1.56. The van der Waals surface area contributed by atoms with Gasteiger partial charge in [-0.05, 0) is 5.56 Å². The van der Waals surface area contributed by atoms with Crippen molar-refractivity contribution in [3.63, 3.8) is 0 Å². The minimum atomic E-state index is -0.215. The standard InChI is InChI=1S/C13H19N3O2S/c14-8-12(17)15-6-7-16-13(18)10-19-9-11-4-2-1-3-5-11/h1-5H,6-10,14H2,(H,15,17)(H,16,18). The number of rotatable bonds is 8. The first-order valence-electron chi connectivity index (χ1n) is 6.07. The van der Waals surface area contributed by atoms with Crippen LogP contribution in [-0.2, 0) is 15.3 Å². The van der Waals surface area contributed by atoms with Crippen LogP contribution < -0.4 is 16.4 Å². The lowest BCUT2D eigenvalue weighted by Crippen LogP contribution is -2.37. The van der Waals surface area contributed by atoms with Crippen LogP contribution >= 0.6 is 11.8 Å². The maximum atomic E-state index is 11.5. The summed E-state index contributed by atoms with van der Waals surface area (Å²) in [5, 5.41) is 5.32. The van der Waals surface area contributed by atoms with Crippen LogP contribution in [0.1, 0.15) is 5.56 Å². The second kappa shape index (κ2) is 9.41. The molecule has 104 valence electrons. The van der Waals surface area contributed by atoms with Gasteiger partial charge in [0.1, 0.15) is 0 Å². The van der Waals surface area contributed by atoms with E-state index in [9.17, 15) is 9.59 Å². The van der Waals surface area contributed by atoms with Crippen molar-refractivity contribution in [2.75, 3.05) is 25.4 Å². The summed E-state index contributed by atoms with van der Waals surface area (Å²) in [6, 6.07) is 10.0. The zero-order valence-corrected chi connectivity index (χ0v) is 11.5. The fraction of sp³-hybridized carbons (Fsp3) is 0.385. The van der Waals surface area contributed by atoms with Gasteiger partial charge in [-0.25, -0.2) is 0 Å². The maximum Gasteiger partial charge on any atom is 0.233 e. The largest absolute Gasteiger partial charge is 0.354 e. The molecule has 0 spiro atoms. The van der Waals surface area contributed by atoms with Gasteiger partial charge in [-0.3, -0.25) is 9.59 Å². The first-order valence-corrected chi connectivity index (χ1v) is 7.23. The summed E-state index contributed by atoms with van der Waals surface area (Å²) < 4.78 is 0. The third kappa shape index (κ3) is 7.48. The van der Waals surface area contributed by atoms with Crippen LogP contribution in [0.2, 0.25) is 0 Å². The number of nitrogens with two attached hydrogens (primary N) is 1. The van der Waals surface area contributed by atoms with E-state index in [-0.39, 0.29) is 18.4 Å². The Hall–Kier alpha value is -1.53. The summed E-state index contributed by atoms with van der Waals surface area (Å²) in [6.45, 7) is 0.808. The van der Waals surface area contributed by atoms with Crippen LogP contribution in [-0.4, -0.2) is 37.2 Å². The molecule has 0 heterocycles. The summed E-state index contributed by atoms with van der Waals surface area (Å²) in [5.41, 5.74) is 6.34. The second-order valence-corrected chi connectivity index (χ2v) is 4.87. The average molecular weight is 281 g/mol. The molecule has 0 unspecified atom stereocenters. The smallest absolute Gasteiger partial charge is 0.233 e. The first kappa shape index (κ1) is 15.5. The number of nitrogens with one attached hydrogen (secondary N) is 2. The lowest BCUT2D eigenvalue weighted by atomic mass is 10.2. The zero-order valence-electron chi connectivity index (χ0n) is 10.7. The van der Waals surface area contributed by atoms with Crippen molar-refractivity contribution in [3.05, 3.63) is 35.9 Å². The number of carbonyl (C=O) groups is 2. The number of amides is 2. The van der Waals surface area contributed by atoms with Crippen LogP contribution in [0.25, 0.3) is 0 Å². The Balaban J connectivity index is 2.04. The summed E-state index contributed by atoms with van der Waals surface area (Å²) in [5.74, 6) is 0.994. The van der Waals surface area contributed by atoms with E-state index >= 15 is 0 Å². The van der Waals surface area contributed by atoms with Crippen molar-refractivity contribution < 1.29 is 9.59 Å². The third-order valence-electron chi connectivity index (χ3n) is 2.30. The van der Waals surface area contributed by atoms with E-state index in [0.29, 0.717) is 18.8 Å². The van der Waals surface area contributed by atoms with E-state index in [2.05, 4.69) is 10.6 Å². The van der Waals surface area contributed by atoms with Crippen molar-refractivity contribution in [2.45, 2.75) is 5.75 Å². The molecular weight excluding hydrogens is 262 g/mol. The van der Waals surface area contributed by atoms with Gasteiger partial charge in [0.15, 0.2) is 0 Å². The highest BCUT2D eigenvalue weighted by Crippen LogP contribution is 2.10. The quantitative estimate of drug-likeness (QED) is 0.591. The lowest BCUT2D eigenvalue weighted by molar-refractivity contribution is -0.121. The highest BCUT2D eigenvalue weighted by atomic mass is 32.2. The molecule has 0 saturated heterocycles. The van der Waals surface area contributed by atoms with Crippen LogP contribution in [0.3, 0.4) is 0 Å². The van der Waals surface area contributed by atoms with Gasteiger partial charge in [0, 0.05) is 18.8 Å². The SMILES string of the molecule is NCC(=O)NCCNC(=O)CSCc1ccccc1. The molecule has 0 aromatic heterocycles. The molecule has 2 amide bonds. The normalized spacial score (nSPS) is 9.95. The van der Waals surface area contributed by atoms with Gasteiger partial charge in [0.25, 0.3) is 0 Å². The molecule has 0 saturated carbocycles. The summed E-state index contributed by atoms with van der Waals surface area (Å²) in [7, 11) is 0. The van der Waals surface area contributed by atoms with Crippen molar-refractivity contribution in [1.29, 1.82) is 0 Å². The second-order valence-electron chi connectivity index (χ2n) is 3.88. The molecule has 0 aliphatic heterocycles. The van der Waals surface area contributed by atoms with E-state index in [1.807, 2.05) is 30.3 Å². The Morgan fingerprint density at radius 2 is 1.68 bits per heavy atom. The Morgan fingerprint density at radius 3 is 2.32 bits per heavy atom. The van der Waals surface area contributed by atoms with Crippen LogP contribution in [0, 0.1) is 0 Å². The number of hydrogen-bond acceptors (Lipinski definition) is 4. The number of benzene rings is 1. The van der Waals surface area contributed by atoms with E-state index in [0.717, 1.165) is 5.75 Å². The van der Waals surface area contributed by atoms with Gasteiger partial charge < -0.3 is 16.4 Å². The molecule has 4 N–H and O–H groups in total. The van der Waals surface area contributed by atoms with Gasteiger partial charge in [0.2, 0.25) is 11.8 Å². The minimum Gasteiger partial charge on any atom is -0.354 e. The first-order chi connectivity index (χ1) is 9.22. The van der Waals surface area contributed by atoms with Gasteiger partial charge >= 0.3 is 0 Å². The van der Waals surface area contributed by atoms with Gasteiger partial charge in [-0.1, -0.05) is 30.3 Å². The Bertz CT molecular complexity index is 398. The number of hydrogen-bond donors (Lipinski definition) is 3. The predicted molar refractivity (Wildman–Crippen MR) is 77.7 cm³/mol. The molecule has 0 fully saturated rings. The number of carbonyl (C=O) groups excluding carboxylic acids is 2. The average Bonchev–Trinajstić information content (AvgIpc) is 2.44. The molecule has 6 heteroatoms. The van der Waals surface area contributed by atoms with E-state index in [4.69, 9.17) is 5.73 Å². The molecule has 0 aliphatic carbocycles. The van der Waals surface area contributed by atoms with Crippen molar-refractivity contribution in [2.24, 2.45) is 5.73 Å². The van der Waals surface area contributed by atoms with Gasteiger partial charge in [0.05, 0.1) is 12.3 Å². The van der Waals surface area contributed by atoms with Gasteiger partial charge in [-0.15, -0.1) is 11.8 Å². The zero-order chi connectivity index (χ0) is 13.9. The van der Waals surface area contributed by atoms with E-state index < -0.39 is 0 Å². The van der Waals surface area contributed by atoms with Crippen molar-refractivity contribution >= 4 is 23.6 Å². The fourth-order valence-electron chi connectivity index (χ4n) is 1.36. The Labute approximate surface area is 117 Å². The lowest BCUT2D eigenvalue weighted by Gasteiger charge is -2.06. The topological polar surface area (TPSA) is 84.2 Å². The highest BCUT2D eigenvalue weighted by Gasteiger charge is 2.02. The molecule has 5 nitrogen and oxygen atoms in total.